The van der Waals surface area contributed by atoms with Gasteiger partial charge in [-0.3, -0.25) is 9.59 Å². The Morgan fingerprint density at radius 1 is 1.38 bits per heavy atom. The first-order valence-electron chi connectivity index (χ1n) is 5.79. The van der Waals surface area contributed by atoms with Crippen LogP contribution in [0.2, 0.25) is 0 Å². The van der Waals surface area contributed by atoms with E-state index in [1.54, 1.807) is 18.9 Å². The lowest BCUT2D eigenvalue weighted by Gasteiger charge is -2.37. The molecule has 2 atom stereocenters. The predicted octanol–water partition coefficient (Wildman–Crippen LogP) is -0.149. The summed E-state index contributed by atoms with van der Waals surface area (Å²) >= 11 is 0. The lowest BCUT2D eigenvalue weighted by Crippen LogP contribution is -2.54. The molecule has 1 aliphatic carbocycles. The second-order valence-corrected chi connectivity index (χ2v) is 4.36. The lowest BCUT2D eigenvalue weighted by atomic mass is 9.89. The van der Waals surface area contributed by atoms with E-state index < -0.39 is 0 Å². The summed E-state index contributed by atoms with van der Waals surface area (Å²) in [6.07, 6.45) is 4.08. The molecule has 0 radical (unpaired) electrons. The molecule has 92 valence electrons. The number of hydrogen-bond donors (Lipinski definition) is 2. The van der Waals surface area contributed by atoms with Gasteiger partial charge in [0, 0.05) is 20.0 Å². The van der Waals surface area contributed by atoms with Crippen LogP contribution in [0.15, 0.2) is 0 Å². The number of nitrogens with zero attached hydrogens (tertiary/aromatic N) is 1. The zero-order chi connectivity index (χ0) is 12.1. The Labute approximate surface area is 96.4 Å². The summed E-state index contributed by atoms with van der Waals surface area (Å²) in [5.41, 5.74) is 5.28. The van der Waals surface area contributed by atoms with E-state index >= 15 is 0 Å². The Kier molecular flexibility index (Phi) is 4.73. The Hall–Kier alpha value is -1.10. The van der Waals surface area contributed by atoms with E-state index in [4.69, 9.17) is 5.73 Å². The minimum Gasteiger partial charge on any atom is -0.350 e. The van der Waals surface area contributed by atoms with Crippen molar-refractivity contribution in [2.24, 2.45) is 5.73 Å². The van der Waals surface area contributed by atoms with Crippen LogP contribution in [0.5, 0.6) is 0 Å². The van der Waals surface area contributed by atoms with Crippen molar-refractivity contribution < 1.29 is 9.59 Å². The zero-order valence-electron chi connectivity index (χ0n) is 10.0. The van der Waals surface area contributed by atoms with Gasteiger partial charge < -0.3 is 16.0 Å². The third-order valence-corrected chi connectivity index (χ3v) is 3.26. The van der Waals surface area contributed by atoms with E-state index in [1.807, 2.05) is 0 Å². The maximum Gasteiger partial charge on any atom is 0.234 e. The van der Waals surface area contributed by atoms with Crippen LogP contribution in [0.1, 0.15) is 32.6 Å². The largest absolute Gasteiger partial charge is 0.350 e. The van der Waals surface area contributed by atoms with Crippen LogP contribution in [-0.4, -0.2) is 42.4 Å². The van der Waals surface area contributed by atoms with E-state index in [-0.39, 0.29) is 30.4 Å². The number of likely N-dealkylation sites (N-methyl/N-ethyl adjacent to an activating group) is 1. The van der Waals surface area contributed by atoms with Gasteiger partial charge in [0.2, 0.25) is 11.8 Å². The molecule has 3 N–H and O–H groups in total. The lowest BCUT2D eigenvalue weighted by molar-refractivity contribution is -0.132. The fourth-order valence-corrected chi connectivity index (χ4v) is 2.24. The highest BCUT2D eigenvalue weighted by Gasteiger charge is 2.30. The van der Waals surface area contributed by atoms with Gasteiger partial charge in [-0.15, -0.1) is 0 Å². The molecule has 0 heterocycles. The number of nitrogens with one attached hydrogen (secondary N) is 1. The summed E-state index contributed by atoms with van der Waals surface area (Å²) in [5, 5.41) is 2.90. The van der Waals surface area contributed by atoms with E-state index in [1.165, 1.54) is 0 Å². The quantitative estimate of drug-likeness (QED) is 0.704. The normalized spacial score (nSPS) is 24.9. The second-order valence-electron chi connectivity index (χ2n) is 4.36. The van der Waals surface area contributed by atoms with Crippen LogP contribution in [0.25, 0.3) is 0 Å². The molecule has 1 rings (SSSR count). The average molecular weight is 227 g/mol. The van der Waals surface area contributed by atoms with Crippen LogP contribution in [0.3, 0.4) is 0 Å². The van der Waals surface area contributed by atoms with Crippen molar-refractivity contribution in [2.75, 3.05) is 13.6 Å². The molecule has 0 aromatic carbocycles. The first kappa shape index (κ1) is 13.0. The first-order chi connectivity index (χ1) is 7.56. The molecule has 0 aromatic heterocycles. The summed E-state index contributed by atoms with van der Waals surface area (Å²) in [4.78, 5) is 24.3. The van der Waals surface area contributed by atoms with Crippen molar-refractivity contribution in [1.82, 2.24) is 10.2 Å². The van der Waals surface area contributed by atoms with Crippen molar-refractivity contribution in [3.8, 4) is 0 Å². The molecule has 0 unspecified atom stereocenters. The van der Waals surface area contributed by atoms with Gasteiger partial charge in [0.25, 0.3) is 0 Å². The van der Waals surface area contributed by atoms with Gasteiger partial charge in [0.1, 0.15) is 0 Å². The van der Waals surface area contributed by atoms with Crippen LogP contribution in [-0.2, 0) is 9.59 Å². The van der Waals surface area contributed by atoms with Gasteiger partial charge in [-0.1, -0.05) is 12.8 Å². The molecule has 0 aromatic rings. The summed E-state index contributed by atoms with van der Waals surface area (Å²) in [6.45, 7) is 1.56. The van der Waals surface area contributed by atoms with Crippen LogP contribution >= 0.6 is 0 Å². The monoisotopic (exact) mass is 227 g/mol. The molecule has 0 aliphatic heterocycles. The Bertz CT molecular complexity index is 268. The predicted molar refractivity (Wildman–Crippen MR) is 61.7 cm³/mol. The molecule has 1 aliphatic rings. The Morgan fingerprint density at radius 3 is 2.56 bits per heavy atom. The Morgan fingerprint density at radius 2 is 2.00 bits per heavy atom. The standard InChI is InChI=1S/C11H21N3O2/c1-8(15)14(2)10-6-4-3-5-9(10)13-11(16)7-12/h9-10H,3-7,12H2,1-2H3,(H,13,16)/t9-,10-/m0/s1. The highest BCUT2D eigenvalue weighted by Crippen LogP contribution is 2.22. The molecule has 2 amide bonds. The molecule has 0 saturated heterocycles. The minimum absolute atomic E-state index is 0.00695. The maximum atomic E-state index is 11.3. The minimum atomic E-state index is -0.145. The molecule has 1 fully saturated rings. The van der Waals surface area contributed by atoms with Crippen LogP contribution < -0.4 is 11.1 Å². The topological polar surface area (TPSA) is 75.4 Å². The third-order valence-electron chi connectivity index (χ3n) is 3.26. The van der Waals surface area contributed by atoms with Crippen molar-refractivity contribution in [1.29, 1.82) is 0 Å². The van der Waals surface area contributed by atoms with E-state index in [0.29, 0.717) is 0 Å². The van der Waals surface area contributed by atoms with Crippen molar-refractivity contribution in [3.05, 3.63) is 0 Å². The van der Waals surface area contributed by atoms with Gasteiger partial charge >= 0.3 is 0 Å². The molecule has 1 saturated carbocycles. The maximum absolute atomic E-state index is 11.3. The highest BCUT2D eigenvalue weighted by atomic mass is 16.2. The molecule has 5 nitrogen and oxygen atoms in total. The molecule has 0 spiro atoms. The number of rotatable bonds is 3. The number of nitrogens with two attached hydrogens (primary N) is 1. The van der Waals surface area contributed by atoms with E-state index in [9.17, 15) is 9.59 Å². The van der Waals surface area contributed by atoms with Gasteiger partial charge in [-0.05, 0) is 12.8 Å². The fourth-order valence-electron chi connectivity index (χ4n) is 2.24. The first-order valence-corrected chi connectivity index (χ1v) is 5.79. The van der Waals surface area contributed by atoms with Gasteiger partial charge in [-0.2, -0.15) is 0 Å². The number of carbonyl (C=O) groups is 2. The number of hydrogen-bond acceptors (Lipinski definition) is 3. The summed E-state index contributed by atoms with van der Waals surface area (Å²) in [5.74, 6) is -0.104. The molecule has 16 heavy (non-hydrogen) atoms. The number of amides is 2. The third kappa shape index (κ3) is 3.20. The van der Waals surface area contributed by atoms with Crippen molar-refractivity contribution in [2.45, 2.75) is 44.7 Å². The van der Waals surface area contributed by atoms with Crippen LogP contribution in [0.4, 0.5) is 0 Å². The zero-order valence-corrected chi connectivity index (χ0v) is 10.0. The van der Waals surface area contributed by atoms with E-state index in [2.05, 4.69) is 5.32 Å². The Balaban J connectivity index is 2.63. The van der Waals surface area contributed by atoms with E-state index in [0.717, 1.165) is 25.7 Å². The van der Waals surface area contributed by atoms with Crippen molar-refractivity contribution in [3.63, 3.8) is 0 Å². The summed E-state index contributed by atoms with van der Waals surface area (Å²) < 4.78 is 0. The number of carbonyl (C=O) groups excluding carboxylic acids is 2. The summed E-state index contributed by atoms with van der Waals surface area (Å²) in [7, 11) is 1.79. The van der Waals surface area contributed by atoms with Crippen LogP contribution in [0, 0.1) is 0 Å². The van der Waals surface area contributed by atoms with Gasteiger partial charge in [0.15, 0.2) is 0 Å². The van der Waals surface area contributed by atoms with Crippen molar-refractivity contribution >= 4 is 11.8 Å². The average Bonchev–Trinajstić information content (AvgIpc) is 2.28. The fraction of sp³-hybridized carbons (Fsp3) is 0.818. The molecule has 0 bridgehead atoms. The molecular formula is C11H21N3O2. The van der Waals surface area contributed by atoms with Gasteiger partial charge in [-0.25, -0.2) is 0 Å². The summed E-state index contributed by atoms with van der Waals surface area (Å²) in [6, 6.07) is 0.167. The second kappa shape index (κ2) is 5.84. The smallest absolute Gasteiger partial charge is 0.234 e. The molecular weight excluding hydrogens is 206 g/mol. The highest BCUT2D eigenvalue weighted by molar-refractivity contribution is 5.78. The molecule has 5 heteroatoms. The van der Waals surface area contributed by atoms with Gasteiger partial charge in [0.05, 0.1) is 12.6 Å². The SMILES string of the molecule is CC(=O)N(C)[C@H]1CCCC[C@@H]1NC(=O)CN.